The van der Waals surface area contributed by atoms with Crippen LogP contribution in [0.15, 0.2) is 48.5 Å². The smallest absolute Gasteiger partial charge is 0.319 e. The van der Waals surface area contributed by atoms with E-state index in [0.29, 0.717) is 22.3 Å². The number of anilines is 1. The molecular weight excluding hydrogens is 361 g/mol. The highest BCUT2D eigenvalue weighted by molar-refractivity contribution is 6.42. The summed E-state index contributed by atoms with van der Waals surface area (Å²) < 4.78 is 0. The summed E-state index contributed by atoms with van der Waals surface area (Å²) in [5.41, 5.74) is 1.59. The van der Waals surface area contributed by atoms with Gasteiger partial charge in [0.05, 0.1) is 10.0 Å². The summed E-state index contributed by atoms with van der Waals surface area (Å²) in [5.74, 6) is -0.0429. The van der Waals surface area contributed by atoms with E-state index in [1.54, 1.807) is 30.1 Å². The predicted molar refractivity (Wildman–Crippen MR) is 101 cm³/mol. The molecular formula is C18H19Cl2N3O2. The van der Waals surface area contributed by atoms with Crippen LogP contribution in [0.1, 0.15) is 12.0 Å². The van der Waals surface area contributed by atoms with Crippen molar-refractivity contribution in [2.75, 3.05) is 18.9 Å². The summed E-state index contributed by atoms with van der Waals surface area (Å²) in [7, 11) is 1.74. The van der Waals surface area contributed by atoms with Gasteiger partial charge in [0.2, 0.25) is 5.91 Å². The van der Waals surface area contributed by atoms with Gasteiger partial charge in [-0.1, -0.05) is 53.5 Å². The Hall–Kier alpha value is -2.24. The van der Waals surface area contributed by atoms with Crippen molar-refractivity contribution in [2.45, 2.75) is 13.0 Å². The molecule has 0 heterocycles. The van der Waals surface area contributed by atoms with Gasteiger partial charge in [0, 0.05) is 32.2 Å². The predicted octanol–water partition coefficient (Wildman–Crippen LogP) is 4.16. The van der Waals surface area contributed by atoms with Gasteiger partial charge in [-0.05, 0) is 23.8 Å². The Bertz CT molecular complexity index is 738. The largest absolute Gasteiger partial charge is 0.341 e. The molecule has 0 aliphatic heterocycles. The highest BCUT2D eigenvalue weighted by Gasteiger charge is 2.10. The number of carbonyl (C=O) groups is 2. The molecule has 0 saturated carbocycles. The van der Waals surface area contributed by atoms with Gasteiger partial charge in [-0.15, -0.1) is 0 Å². The number of nitrogens with one attached hydrogen (secondary N) is 2. The number of rotatable bonds is 6. The van der Waals surface area contributed by atoms with E-state index in [-0.39, 0.29) is 18.9 Å². The molecule has 0 atom stereocenters. The Morgan fingerprint density at radius 3 is 2.44 bits per heavy atom. The van der Waals surface area contributed by atoms with E-state index < -0.39 is 6.03 Å². The van der Waals surface area contributed by atoms with Gasteiger partial charge in [0.25, 0.3) is 0 Å². The molecule has 0 bridgehead atoms. The van der Waals surface area contributed by atoms with Gasteiger partial charge >= 0.3 is 6.03 Å². The van der Waals surface area contributed by atoms with Gasteiger partial charge in [-0.25, -0.2) is 4.79 Å². The average Bonchev–Trinajstić information content (AvgIpc) is 2.59. The van der Waals surface area contributed by atoms with E-state index in [0.717, 1.165) is 5.56 Å². The number of nitrogens with zero attached hydrogens (tertiary/aromatic N) is 1. The van der Waals surface area contributed by atoms with Gasteiger partial charge in [-0.2, -0.15) is 0 Å². The maximum absolute atomic E-state index is 12.1. The number of hydrogen-bond donors (Lipinski definition) is 2. The van der Waals surface area contributed by atoms with Crippen LogP contribution in [0.2, 0.25) is 10.0 Å². The summed E-state index contributed by atoms with van der Waals surface area (Å²) >= 11 is 11.7. The number of carbonyl (C=O) groups excluding carboxylic acids is 2. The highest BCUT2D eigenvalue weighted by Crippen LogP contribution is 2.24. The van der Waals surface area contributed by atoms with E-state index in [4.69, 9.17) is 23.2 Å². The minimum atomic E-state index is -0.406. The van der Waals surface area contributed by atoms with Crippen molar-refractivity contribution in [1.82, 2.24) is 10.2 Å². The lowest BCUT2D eigenvalue weighted by Gasteiger charge is -2.17. The molecule has 0 unspecified atom stereocenters. The van der Waals surface area contributed by atoms with E-state index in [2.05, 4.69) is 10.6 Å². The van der Waals surface area contributed by atoms with Crippen LogP contribution in [-0.4, -0.2) is 30.4 Å². The van der Waals surface area contributed by atoms with E-state index in [1.165, 1.54) is 0 Å². The summed E-state index contributed by atoms with van der Waals surface area (Å²) in [6.45, 7) is 0.778. The number of urea groups is 1. The quantitative estimate of drug-likeness (QED) is 0.791. The van der Waals surface area contributed by atoms with Gasteiger partial charge in [-0.3, -0.25) is 4.79 Å². The van der Waals surface area contributed by atoms with E-state index in [1.807, 2.05) is 30.3 Å². The summed E-state index contributed by atoms with van der Waals surface area (Å²) in [6.07, 6.45) is 0.220. The van der Waals surface area contributed by atoms with Crippen LogP contribution in [0.4, 0.5) is 10.5 Å². The van der Waals surface area contributed by atoms with Crippen LogP contribution in [-0.2, 0) is 11.3 Å². The van der Waals surface area contributed by atoms with Gasteiger partial charge in [0.1, 0.15) is 0 Å². The van der Waals surface area contributed by atoms with Crippen LogP contribution >= 0.6 is 23.2 Å². The molecule has 25 heavy (non-hydrogen) atoms. The van der Waals surface area contributed by atoms with Gasteiger partial charge in [0.15, 0.2) is 0 Å². The molecule has 5 nitrogen and oxygen atoms in total. The molecule has 0 aliphatic carbocycles. The SMILES string of the molecule is CN(Cc1ccccc1)C(=O)CCNC(=O)Nc1ccc(Cl)c(Cl)c1. The fraction of sp³-hybridized carbons (Fsp3) is 0.222. The minimum absolute atomic E-state index is 0.0429. The van der Waals surface area contributed by atoms with Crippen molar-refractivity contribution in [3.63, 3.8) is 0 Å². The van der Waals surface area contributed by atoms with Crippen molar-refractivity contribution in [1.29, 1.82) is 0 Å². The zero-order valence-electron chi connectivity index (χ0n) is 13.8. The second-order valence-electron chi connectivity index (χ2n) is 5.50. The van der Waals surface area contributed by atoms with Crippen LogP contribution in [0.25, 0.3) is 0 Å². The Morgan fingerprint density at radius 2 is 1.76 bits per heavy atom. The zero-order valence-corrected chi connectivity index (χ0v) is 15.3. The van der Waals surface area contributed by atoms with Gasteiger partial charge < -0.3 is 15.5 Å². The third kappa shape index (κ3) is 6.29. The maximum atomic E-state index is 12.1. The monoisotopic (exact) mass is 379 g/mol. The van der Waals surface area contributed by atoms with E-state index in [9.17, 15) is 9.59 Å². The molecule has 2 rings (SSSR count). The number of hydrogen-bond acceptors (Lipinski definition) is 2. The van der Waals surface area contributed by atoms with Crippen molar-refractivity contribution < 1.29 is 9.59 Å². The molecule has 2 aromatic rings. The standard InChI is InChI=1S/C18H19Cl2N3O2/c1-23(12-13-5-3-2-4-6-13)17(24)9-10-21-18(25)22-14-7-8-15(19)16(20)11-14/h2-8,11H,9-10,12H2,1H3,(H2,21,22,25). The Labute approximate surface area is 156 Å². The second kappa shape index (κ2) is 9.30. The average molecular weight is 380 g/mol. The number of benzene rings is 2. The first-order valence-electron chi connectivity index (χ1n) is 7.73. The van der Waals surface area contributed by atoms with E-state index >= 15 is 0 Å². The minimum Gasteiger partial charge on any atom is -0.341 e. The van der Waals surface area contributed by atoms with Crippen molar-refractivity contribution in [2.24, 2.45) is 0 Å². The first kappa shape index (κ1) is 19.1. The normalized spacial score (nSPS) is 10.2. The summed E-state index contributed by atoms with van der Waals surface area (Å²) in [6, 6.07) is 14.1. The first-order chi connectivity index (χ1) is 12.0. The van der Waals surface area contributed by atoms with Crippen LogP contribution in [0.5, 0.6) is 0 Å². The molecule has 0 fully saturated rings. The lowest BCUT2D eigenvalue weighted by Crippen LogP contribution is -2.34. The molecule has 132 valence electrons. The zero-order chi connectivity index (χ0) is 18.2. The number of amides is 3. The fourth-order valence-corrected chi connectivity index (χ4v) is 2.47. The lowest BCUT2D eigenvalue weighted by molar-refractivity contribution is -0.130. The summed E-state index contributed by atoms with van der Waals surface area (Å²) in [4.78, 5) is 25.6. The first-order valence-corrected chi connectivity index (χ1v) is 8.49. The van der Waals surface area contributed by atoms with Crippen molar-refractivity contribution in [3.05, 3.63) is 64.1 Å². The summed E-state index contributed by atoms with van der Waals surface area (Å²) in [5, 5.41) is 6.05. The topological polar surface area (TPSA) is 61.4 Å². The Balaban J connectivity index is 1.72. The van der Waals surface area contributed by atoms with Crippen LogP contribution in [0, 0.1) is 0 Å². The molecule has 0 saturated heterocycles. The second-order valence-corrected chi connectivity index (χ2v) is 6.31. The molecule has 2 aromatic carbocycles. The van der Waals surface area contributed by atoms with Crippen LogP contribution in [0.3, 0.4) is 0 Å². The fourth-order valence-electron chi connectivity index (χ4n) is 2.17. The molecule has 0 radical (unpaired) electrons. The third-order valence-electron chi connectivity index (χ3n) is 3.49. The molecule has 7 heteroatoms. The number of halogens is 2. The molecule has 2 N–H and O–H groups in total. The Morgan fingerprint density at radius 1 is 1.04 bits per heavy atom. The third-order valence-corrected chi connectivity index (χ3v) is 4.23. The van der Waals surface area contributed by atoms with Crippen molar-refractivity contribution >= 4 is 40.8 Å². The van der Waals surface area contributed by atoms with Crippen molar-refractivity contribution in [3.8, 4) is 0 Å². The molecule has 0 aliphatic rings. The molecule has 3 amide bonds. The Kier molecular flexibility index (Phi) is 7.10. The maximum Gasteiger partial charge on any atom is 0.319 e. The lowest BCUT2D eigenvalue weighted by atomic mass is 10.2. The highest BCUT2D eigenvalue weighted by atomic mass is 35.5. The van der Waals surface area contributed by atoms with Crippen LogP contribution < -0.4 is 10.6 Å². The molecule has 0 aromatic heterocycles. The molecule has 0 spiro atoms.